The van der Waals surface area contributed by atoms with Crippen LogP contribution in [0, 0.1) is 11.8 Å². The number of nitrogens with zero attached hydrogens (tertiary/aromatic N) is 7. The minimum absolute atomic E-state index is 0.0644. The Morgan fingerprint density at radius 1 is 1.06 bits per heavy atom. The third-order valence-electron chi connectivity index (χ3n) is 9.33. The molecule has 0 spiro atoms. The van der Waals surface area contributed by atoms with E-state index < -0.39 is 5.97 Å². The van der Waals surface area contributed by atoms with Gasteiger partial charge < -0.3 is 24.4 Å². The molecular formula is C35H37N7O5. The zero-order valence-corrected chi connectivity index (χ0v) is 26.4. The van der Waals surface area contributed by atoms with Gasteiger partial charge in [0.25, 0.3) is 0 Å². The number of piperidine rings is 1. The molecule has 12 nitrogen and oxygen atoms in total. The second-order valence-electron chi connectivity index (χ2n) is 12.2. The van der Waals surface area contributed by atoms with E-state index in [0.29, 0.717) is 37.3 Å². The van der Waals surface area contributed by atoms with Crippen LogP contribution in [0.4, 0.5) is 5.82 Å². The maximum Gasteiger partial charge on any atom is 0.356 e. The van der Waals surface area contributed by atoms with Crippen molar-refractivity contribution in [2.24, 2.45) is 0 Å². The summed E-state index contributed by atoms with van der Waals surface area (Å²) in [6, 6.07) is 11.7. The molecule has 6 heterocycles. The lowest BCUT2D eigenvalue weighted by molar-refractivity contribution is -0.129. The van der Waals surface area contributed by atoms with Gasteiger partial charge in [0, 0.05) is 81.1 Å². The van der Waals surface area contributed by atoms with Crippen LogP contribution >= 0.6 is 0 Å². The standard InChI is InChI=1S/C35H37N7O5/c1-23(43)41-16-11-32-30(22-41)34(39-42(32)26-12-18-46-19-13-26)28-6-2-4-24-20-25(36-21-29(24)28)5-3-17-47-27-9-14-40(15-10-27)33-8-7-31(35(44)45)37-38-33/h2,4,6-8,20-21,26-27H,9-19,22H2,1H3,(H,44,45). The summed E-state index contributed by atoms with van der Waals surface area (Å²) in [6.45, 7) is 6.18. The summed E-state index contributed by atoms with van der Waals surface area (Å²) in [5, 5.41) is 24.1. The molecule has 2 fully saturated rings. The number of pyridine rings is 1. The number of carbonyl (C=O) groups is 2. The smallest absolute Gasteiger partial charge is 0.356 e. The van der Waals surface area contributed by atoms with Crippen LogP contribution in [0.25, 0.3) is 22.0 Å². The molecule has 47 heavy (non-hydrogen) atoms. The molecule has 7 rings (SSSR count). The van der Waals surface area contributed by atoms with E-state index in [4.69, 9.17) is 19.7 Å². The molecular weight excluding hydrogens is 598 g/mol. The zero-order chi connectivity index (χ0) is 32.3. The summed E-state index contributed by atoms with van der Waals surface area (Å²) in [7, 11) is 0. The molecule has 1 amide bonds. The van der Waals surface area contributed by atoms with Crippen LogP contribution in [0.2, 0.25) is 0 Å². The van der Waals surface area contributed by atoms with Crippen LogP contribution in [0.5, 0.6) is 0 Å². The number of fused-ring (bicyclic) bond motifs is 2. The third-order valence-corrected chi connectivity index (χ3v) is 9.33. The van der Waals surface area contributed by atoms with Crippen molar-refractivity contribution in [2.75, 3.05) is 44.4 Å². The first kappa shape index (κ1) is 30.8. The first-order valence-corrected chi connectivity index (χ1v) is 16.2. The highest BCUT2D eigenvalue weighted by Gasteiger charge is 2.30. The Morgan fingerprint density at radius 3 is 2.64 bits per heavy atom. The topological polar surface area (TPSA) is 136 Å². The number of hydrogen-bond acceptors (Lipinski definition) is 9. The van der Waals surface area contributed by atoms with Gasteiger partial charge in [0.05, 0.1) is 17.8 Å². The van der Waals surface area contributed by atoms with Crippen LogP contribution in [-0.4, -0.2) is 92.4 Å². The van der Waals surface area contributed by atoms with E-state index in [9.17, 15) is 9.59 Å². The lowest BCUT2D eigenvalue weighted by atomic mass is 9.97. The van der Waals surface area contributed by atoms with Crippen LogP contribution in [0.3, 0.4) is 0 Å². The summed E-state index contributed by atoms with van der Waals surface area (Å²) >= 11 is 0. The maximum atomic E-state index is 12.3. The van der Waals surface area contributed by atoms with Gasteiger partial charge in [-0.2, -0.15) is 5.10 Å². The fraction of sp³-hybridized carbons (Fsp3) is 0.429. The number of rotatable bonds is 6. The number of hydrogen-bond donors (Lipinski definition) is 1. The minimum Gasteiger partial charge on any atom is -0.476 e. The van der Waals surface area contributed by atoms with E-state index in [1.165, 1.54) is 11.8 Å². The van der Waals surface area contributed by atoms with E-state index >= 15 is 0 Å². The molecule has 2 saturated heterocycles. The summed E-state index contributed by atoms with van der Waals surface area (Å²) < 4.78 is 13.9. The van der Waals surface area contributed by atoms with Gasteiger partial charge in [0.15, 0.2) is 11.5 Å². The van der Waals surface area contributed by atoms with Gasteiger partial charge in [-0.05, 0) is 55.2 Å². The number of aromatic carboxylic acids is 1. The van der Waals surface area contributed by atoms with Crippen molar-refractivity contribution in [1.29, 1.82) is 0 Å². The summed E-state index contributed by atoms with van der Waals surface area (Å²) in [4.78, 5) is 32.0. The first-order valence-electron chi connectivity index (χ1n) is 16.2. The fourth-order valence-electron chi connectivity index (χ4n) is 6.75. The molecule has 0 saturated carbocycles. The van der Waals surface area contributed by atoms with Gasteiger partial charge in [-0.3, -0.25) is 9.48 Å². The molecule has 0 bridgehead atoms. The lowest BCUT2D eigenvalue weighted by Crippen LogP contribution is -2.37. The minimum atomic E-state index is -1.09. The Morgan fingerprint density at radius 2 is 1.89 bits per heavy atom. The van der Waals surface area contributed by atoms with Crippen molar-refractivity contribution < 1.29 is 24.2 Å². The molecule has 0 aliphatic carbocycles. The number of carboxylic acids is 1. The molecule has 1 aromatic carbocycles. The van der Waals surface area contributed by atoms with E-state index in [2.05, 4.69) is 48.7 Å². The Hall–Kier alpha value is -4.86. The Kier molecular flexibility index (Phi) is 8.82. The van der Waals surface area contributed by atoms with Crippen molar-refractivity contribution in [1.82, 2.24) is 29.9 Å². The van der Waals surface area contributed by atoms with E-state index in [1.807, 2.05) is 23.2 Å². The number of ether oxygens (including phenoxy) is 2. The van der Waals surface area contributed by atoms with Crippen molar-refractivity contribution >= 4 is 28.5 Å². The lowest BCUT2D eigenvalue weighted by Gasteiger charge is -2.32. The van der Waals surface area contributed by atoms with E-state index in [-0.39, 0.29) is 17.7 Å². The number of benzene rings is 1. The van der Waals surface area contributed by atoms with Gasteiger partial charge in [-0.1, -0.05) is 24.1 Å². The van der Waals surface area contributed by atoms with Gasteiger partial charge >= 0.3 is 5.97 Å². The summed E-state index contributed by atoms with van der Waals surface area (Å²) in [5.74, 6) is 5.95. The van der Waals surface area contributed by atoms with E-state index in [0.717, 1.165) is 86.0 Å². The van der Waals surface area contributed by atoms with Crippen LogP contribution < -0.4 is 4.90 Å². The van der Waals surface area contributed by atoms with Gasteiger partial charge in [0.1, 0.15) is 12.3 Å². The largest absolute Gasteiger partial charge is 0.476 e. The predicted molar refractivity (Wildman–Crippen MR) is 174 cm³/mol. The molecule has 0 radical (unpaired) electrons. The van der Waals surface area contributed by atoms with Crippen molar-refractivity contribution in [3.05, 3.63) is 65.2 Å². The molecule has 0 unspecified atom stereocenters. The van der Waals surface area contributed by atoms with Crippen LogP contribution in [-0.2, 0) is 27.2 Å². The van der Waals surface area contributed by atoms with Gasteiger partial charge in [-0.15, -0.1) is 10.2 Å². The molecule has 3 aromatic heterocycles. The van der Waals surface area contributed by atoms with Gasteiger partial charge in [0.2, 0.25) is 5.91 Å². The third kappa shape index (κ3) is 6.54. The second kappa shape index (κ2) is 13.5. The number of anilines is 1. The van der Waals surface area contributed by atoms with Crippen molar-refractivity contribution in [3.63, 3.8) is 0 Å². The van der Waals surface area contributed by atoms with Crippen LogP contribution in [0.1, 0.15) is 66.1 Å². The maximum absolute atomic E-state index is 12.3. The Labute approximate surface area is 272 Å². The summed E-state index contributed by atoms with van der Waals surface area (Å²) in [6.07, 6.45) is 6.27. The molecule has 3 aliphatic heterocycles. The Bertz CT molecular complexity index is 1850. The number of carbonyl (C=O) groups excluding carboxylic acids is 1. The fourth-order valence-corrected chi connectivity index (χ4v) is 6.75. The highest BCUT2D eigenvalue weighted by Crippen LogP contribution is 2.37. The second-order valence-corrected chi connectivity index (χ2v) is 12.2. The van der Waals surface area contributed by atoms with Crippen molar-refractivity contribution in [2.45, 2.75) is 57.7 Å². The molecule has 1 N–H and O–H groups in total. The highest BCUT2D eigenvalue weighted by atomic mass is 16.5. The zero-order valence-electron chi connectivity index (χ0n) is 26.4. The Balaban J connectivity index is 1.03. The van der Waals surface area contributed by atoms with Gasteiger partial charge in [-0.25, -0.2) is 9.78 Å². The number of aromatic nitrogens is 5. The normalized spacial score (nSPS) is 17.3. The molecule has 12 heteroatoms. The average Bonchev–Trinajstić information content (AvgIpc) is 3.49. The number of carboxylic acid groups (broad SMARTS) is 1. The van der Waals surface area contributed by atoms with Crippen molar-refractivity contribution in [3.8, 4) is 23.1 Å². The molecule has 4 aromatic rings. The SMILES string of the molecule is CC(=O)N1CCc2c(c(-c3cccc4cc(C#CCOC5CCN(c6ccc(C(=O)O)nn6)CC5)ncc34)nn2C2CCOCC2)C1. The quantitative estimate of drug-likeness (QED) is 0.311. The average molecular weight is 636 g/mol. The molecule has 3 aliphatic rings. The summed E-state index contributed by atoms with van der Waals surface area (Å²) in [5.41, 5.74) is 4.90. The monoisotopic (exact) mass is 635 g/mol. The van der Waals surface area contributed by atoms with Crippen LogP contribution in [0.15, 0.2) is 42.6 Å². The highest BCUT2D eigenvalue weighted by molar-refractivity contribution is 5.96. The number of amides is 1. The molecule has 242 valence electrons. The first-order chi connectivity index (χ1) is 22.9. The molecule has 0 atom stereocenters. The van der Waals surface area contributed by atoms with E-state index in [1.54, 1.807) is 13.0 Å². The predicted octanol–water partition coefficient (Wildman–Crippen LogP) is 3.88.